The van der Waals surface area contributed by atoms with Gasteiger partial charge in [0.25, 0.3) is 0 Å². The number of phenols is 1. The van der Waals surface area contributed by atoms with Crippen molar-refractivity contribution in [1.29, 1.82) is 0 Å². The Morgan fingerprint density at radius 3 is 2.52 bits per heavy atom. The predicted molar refractivity (Wildman–Crippen MR) is 95.6 cm³/mol. The molecule has 4 rings (SSSR count). The lowest BCUT2D eigenvalue weighted by Crippen LogP contribution is -2.28. The maximum absolute atomic E-state index is 9.43. The van der Waals surface area contributed by atoms with Crippen LogP contribution in [0.3, 0.4) is 0 Å². The molecule has 5 nitrogen and oxygen atoms in total. The van der Waals surface area contributed by atoms with Gasteiger partial charge in [0.15, 0.2) is 0 Å². The highest BCUT2D eigenvalue weighted by Gasteiger charge is 2.42. The van der Waals surface area contributed by atoms with E-state index in [2.05, 4.69) is 21.8 Å². The SMILES string of the molecule is CC(CN1C[C@H]2C[C@H](Oc3cnccn3)C[C@H]2C1)c1ccc(O)cc1. The Balaban J connectivity index is 1.28. The van der Waals surface area contributed by atoms with Gasteiger partial charge in [-0.1, -0.05) is 19.1 Å². The molecule has 1 aliphatic carbocycles. The van der Waals surface area contributed by atoms with E-state index < -0.39 is 0 Å². The summed E-state index contributed by atoms with van der Waals surface area (Å²) >= 11 is 0. The van der Waals surface area contributed by atoms with E-state index in [1.54, 1.807) is 30.7 Å². The molecule has 0 bridgehead atoms. The lowest BCUT2D eigenvalue weighted by Gasteiger charge is -2.23. The fourth-order valence-electron chi connectivity index (χ4n) is 4.40. The number of rotatable bonds is 5. The number of aromatic hydroxyl groups is 1. The summed E-state index contributed by atoms with van der Waals surface area (Å²) in [5, 5.41) is 9.43. The second-order valence-electron chi connectivity index (χ2n) is 7.49. The Kier molecular flexibility index (Phi) is 4.57. The number of phenolic OH excluding ortho intramolecular Hbond substituents is 1. The molecule has 1 aliphatic heterocycles. The van der Waals surface area contributed by atoms with Crippen LogP contribution in [-0.4, -0.2) is 45.7 Å². The molecule has 1 aromatic carbocycles. The highest BCUT2D eigenvalue weighted by molar-refractivity contribution is 5.28. The van der Waals surface area contributed by atoms with Crippen LogP contribution in [0.5, 0.6) is 11.6 Å². The third-order valence-electron chi connectivity index (χ3n) is 5.60. The molecule has 4 atom stereocenters. The summed E-state index contributed by atoms with van der Waals surface area (Å²) < 4.78 is 5.99. The molecule has 1 aromatic heterocycles. The zero-order chi connectivity index (χ0) is 17.2. The van der Waals surface area contributed by atoms with Gasteiger partial charge in [0.2, 0.25) is 5.88 Å². The first-order chi connectivity index (χ1) is 12.2. The van der Waals surface area contributed by atoms with Crippen molar-refractivity contribution in [2.75, 3.05) is 19.6 Å². The summed E-state index contributed by atoms with van der Waals surface area (Å²) in [5.41, 5.74) is 1.29. The van der Waals surface area contributed by atoms with Crippen LogP contribution in [0.4, 0.5) is 0 Å². The third kappa shape index (κ3) is 3.76. The Hall–Kier alpha value is -2.14. The maximum atomic E-state index is 9.43. The number of hydrogen-bond donors (Lipinski definition) is 1. The maximum Gasteiger partial charge on any atom is 0.232 e. The van der Waals surface area contributed by atoms with Crippen LogP contribution in [0.1, 0.15) is 31.2 Å². The first-order valence-electron chi connectivity index (χ1n) is 9.11. The fourth-order valence-corrected chi connectivity index (χ4v) is 4.40. The second kappa shape index (κ2) is 7.00. The Labute approximate surface area is 148 Å². The molecule has 132 valence electrons. The molecule has 0 radical (unpaired) electrons. The molecule has 2 fully saturated rings. The number of likely N-dealkylation sites (tertiary alicyclic amines) is 1. The zero-order valence-corrected chi connectivity index (χ0v) is 14.6. The monoisotopic (exact) mass is 339 g/mol. The molecule has 2 heterocycles. The second-order valence-corrected chi connectivity index (χ2v) is 7.49. The summed E-state index contributed by atoms with van der Waals surface area (Å²) in [6.07, 6.45) is 7.56. The number of nitrogens with zero attached hydrogens (tertiary/aromatic N) is 3. The lowest BCUT2D eigenvalue weighted by atomic mass is 10.0. The van der Waals surface area contributed by atoms with Gasteiger partial charge in [-0.2, -0.15) is 0 Å². The normalized spacial score (nSPS) is 27.2. The van der Waals surface area contributed by atoms with Crippen LogP contribution >= 0.6 is 0 Å². The molecule has 2 aliphatic rings. The lowest BCUT2D eigenvalue weighted by molar-refractivity contribution is 0.177. The van der Waals surface area contributed by atoms with Gasteiger partial charge < -0.3 is 14.7 Å². The van der Waals surface area contributed by atoms with Gasteiger partial charge in [0.1, 0.15) is 11.9 Å². The summed E-state index contributed by atoms with van der Waals surface area (Å²) in [7, 11) is 0. The van der Waals surface area contributed by atoms with E-state index in [0.29, 0.717) is 17.5 Å². The molecule has 1 saturated heterocycles. The van der Waals surface area contributed by atoms with E-state index in [1.807, 2.05) is 12.1 Å². The van der Waals surface area contributed by atoms with Gasteiger partial charge in [-0.15, -0.1) is 0 Å². The van der Waals surface area contributed by atoms with Gasteiger partial charge in [0.05, 0.1) is 6.20 Å². The van der Waals surface area contributed by atoms with Crippen LogP contribution in [0.25, 0.3) is 0 Å². The minimum Gasteiger partial charge on any atom is -0.508 e. The van der Waals surface area contributed by atoms with Crippen LogP contribution in [0, 0.1) is 11.8 Å². The Morgan fingerprint density at radius 2 is 1.88 bits per heavy atom. The number of fused-ring (bicyclic) bond motifs is 1. The molecule has 1 N–H and O–H groups in total. The van der Waals surface area contributed by atoms with Crippen LogP contribution in [0.2, 0.25) is 0 Å². The highest BCUT2D eigenvalue weighted by atomic mass is 16.5. The van der Waals surface area contributed by atoms with Gasteiger partial charge in [0, 0.05) is 32.0 Å². The smallest absolute Gasteiger partial charge is 0.232 e. The third-order valence-corrected chi connectivity index (χ3v) is 5.60. The first kappa shape index (κ1) is 16.3. The quantitative estimate of drug-likeness (QED) is 0.907. The molecule has 1 unspecified atom stereocenters. The number of benzene rings is 1. The van der Waals surface area contributed by atoms with Crippen molar-refractivity contribution in [3.8, 4) is 11.6 Å². The Bertz CT molecular complexity index is 678. The van der Waals surface area contributed by atoms with Crippen LogP contribution in [-0.2, 0) is 0 Å². The van der Waals surface area contributed by atoms with Crippen molar-refractivity contribution in [2.45, 2.75) is 31.8 Å². The molecule has 5 heteroatoms. The first-order valence-corrected chi connectivity index (χ1v) is 9.11. The average Bonchev–Trinajstić information content (AvgIpc) is 3.14. The van der Waals surface area contributed by atoms with Crippen molar-refractivity contribution < 1.29 is 9.84 Å². The molecule has 2 aromatic rings. The van der Waals surface area contributed by atoms with Gasteiger partial charge in [-0.3, -0.25) is 4.98 Å². The van der Waals surface area contributed by atoms with Gasteiger partial charge in [-0.25, -0.2) is 4.98 Å². The summed E-state index contributed by atoms with van der Waals surface area (Å²) in [5.74, 6) is 2.92. The van der Waals surface area contributed by atoms with E-state index in [0.717, 1.165) is 44.3 Å². The van der Waals surface area contributed by atoms with Crippen molar-refractivity contribution in [1.82, 2.24) is 14.9 Å². The highest BCUT2D eigenvalue weighted by Crippen LogP contribution is 2.40. The number of ether oxygens (including phenoxy) is 1. The molecule has 0 spiro atoms. The van der Waals surface area contributed by atoms with Crippen molar-refractivity contribution in [2.24, 2.45) is 11.8 Å². The molecule has 1 saturated carbocycles. The molecule has 25 heavy (non-hydrogen) atoms. The summed E-state index contributed by atoms with van der Waals surface area (Å²) in [6, 6.07) is 7.61. The van der Waals surface area contributed by atoms with E-state index >= 15 is 0 Å². The Morgan fingerprint density at radius 1 is 1.16 bits per heavy atom. The van der Waals surface area contributed by atoms with Gasteiger partial charge >= 0.3 is 0 Å². The van der Waals surface area contributed by atoms with Crippen LogP contribution in [0.15, 0.2) is 42.9 Å². The number of hydrogen-bond acceptors (Lipinski definition) is 5. The van der Waals surface area contributed by atoms with E-state index in [1.165, 1.54) is 5.56 Å². The molecular formula is C20H25N3O2. The minimum atomic E-state index is 0.281. The number of aromatic nitrogens is 2. The largest absolute Gasteiger partial charge is 0.508 e. The predicted octanol–water partition coefficient (Wildman–Crippen LogP) is 3.08. The fraction of sp³-hybridized carbons (Fsp3) is 0.500. The summed E-state index contributed by atoms with van der Waals surface area (Å²) in [6.45, 7) is 5.66. The van der Waals surface area contributed by atoms with Crippen molar-refractivity contribution in [3.05, 3.63) is 48.4 Å². The zero-order valence-electron chi connectivity index (χ0n) is 14.6. The van der Waals surface area contributed by atoms with Crippen molar-refractivity contribution in [3.63, 3.8) is 0 Å². The molecule has 0 amide bonds. The van der Waals surface area contributed by atoms with E-state index in [-0.39, 0.29) is 6.10 Å². The van der Waals surface area contributed by atoms with Crippen molar-refractivity contribution >= 4 is 0 Å². The van der Waals surface area contributed by atoms with Gasteiger partial charge in [-0.05, 0) is 48.3 Å². The van der Waals surface area contributed by atoms with E-state index in [9.17, 15) is 5.11 Å². The molecular weight excluding hydrogens is 314 g/mol. The standard InChI is InChI=1S/C20H25N3O2/c1-14(15-2-4-18(24)5-3-15)11-23-12-16-8-19(9-17(16)13-23)25-20-10-21-6-7-22-20/h2-7,10,14,16-17,19,24H,8-9,11-13H2,1H3/t14?,16-,17+,19+. The van der Waals surface area contributed by atoms with Crippen LogP contribution < -0.4 is 4.74 Å². The van der Waals surface area contributed by atoms with E-state index in [4.69, 9.17) is 4.74 Å². The average molecular weight is 339 g/mol. The minimum absolute atomic E-state index is 0.281. The summed E-state index contributed by atoms with van der Waals surface area (Å²) in [4.78, 5) is 10.9. The topological polar surface area (TPSA) is 58.5 Å².